The van der Waals surface area contributed by atoms with Crippen LogP contribution < -0.4 is 5.32 Å². The van der Waals surface area contributed by atoms with Crippen molar-refractivity contribution in [1.82, 2.24) is 9.97 Å². The van der Waals surface area contributed by atoms with Gasteiger partial charge in [-0.3, -0.25) is 4.98 Å². The van der Waals surface area contributed by atoms with Crippen molar-refractivity contribution < 1.29 is 0 Å². The molecule has 102 valence electrons. The minimum absolute atomic E-state index is 0.782. The Kier molecular flexibility index (Phi) is 2.82. The maximum Gasteiger partial charge on any atom is 0.0703 e. The van der Waals surface area contributed by atoms with Crippen LogP contribution in [-0.4, -0.2) is 9.97 Å². The zero-order valence-corrected chi connectivity index (χ0v) is 11.5. The first-order chi connectivity index (χ1) is 10.4. The quantitative estimate of drug-likeness (QED) is 0.583. The van der Waals surface area contributed by atoms with Gasteiger partial charge in [0.25, 0.3) is 0 Å². The standard InChI is InChI=1S/C18H15N3/c1-3-7-17-13(5-1)9-15(12-21-17)19-10-14-11-20-18-8-4-2-6-16(14)18/h1-9,11-12,19-20H,10H2. The number of rotatable bonds is 3. The summed E-state index contributed by atoms with van der Waals surface area (Å²) < 4.78 is 0. The van der Waals surface area contributed by atoms with Crippen LogP contribution in [0.5, 0.6) is 0 Å². The predicted octanol–water partition coefficient (Wildman–Crippen LogP) is 4.33. The molecular formula is C18H15N3. The number of anilines is 1. The number of pyridine rings is 1. The number of aromatic amines is 1. The zero-order valence-electron chi connectivity index (χ0n) is 11.5. The molecule has 0 spiro atoms. The molecule has 2 aromatic heterocycles. The normalized spacial score (nSPS) is 11.0. The molecule has 0 amide bonds. The molecule has 4 rings (SSSR count). The number of fused-ring (bicyclic) bond motifs is 2. The lowest BCUT2D eigenvalue weighted by atomic mass is 10.1. The van der Waals surface area contributed by atoms with Gasteiger partial charge in [0.15, 0.2) is 0 Å². The minimum Gasteiger partial charge on any atom is -0.380 e. The van der Waals surface area contributed by atoms with Gasteiger partial charge in [-0.15, -0.1) is 0 Å². The van der Waals surface area contributed by atoms with E-state index in [9.17, 15) is 0 Å². The Bertz CT molecular complexity index is 908. The molecule has 0 fully saturated rings. The van der Waals surface area contributed by atoms with E-state index >= 15 is 0 Å². The highest BCUT2D eigenvalue weighted by Crippen LogP contribution is 2.20. The number of benzene rings is 2. The summed E-state index contributed by atoms with van der Waals surface area (Å²) in [5.74, 6) is 0. The summed E-state index contributed by atoms with van der Waals surface area (Å²) in [7, 11) is 0. The highest BCUT2D eigenvalue weighted by atomic mass is 14.9. The Morgan fingerprint density at radius 1 is 1.00 bits per heavy atom. The SMILES string of the molecule is c1ccc2ncc(NCc3c[nH]c4ccccc34)cc2c1. The maximum absolute atomic E-state index is 4.47. The lowest BCUT2D eigenvalue weighted by Gasteiger charge is -2.06. The van der Waals surface area contributed by atoms with Crippen LogP contribution in [0.25, 0.3) is 21.8 Å². The Balaban J connectivity index is 1.60. The topological polar surface area (TPSA) is 40.7 Å². The Labute approximate surface area is 122 Å². The summed E-state index contributed by atoms with van der Waals surface area (Å²) in [5, 5.41) is 5.87. The predicted molar refractivity (Wildman–Crippen MR) is 87.4 cm³/mol. The average Bonchev–Trinajstić information content (AvgIpc) is 2.96. The van der Waals surface area contributed by atoms with Gasteiger partial charge >= 0.3 is 0 Å². The fourth-order valence-electron chi connectivity index (χ4n) is 2.64. The Hall–Kier alpha value is -2.81. The second-order valence-electron chi connectivity index (χ2n) is 5.13. The molecule has 4 aromatic rings. The molecule has 0 radical (unpaired) electrons. The number of nitrogens with zero attached hydrogens (tertiary/aromatic N) is 1. The van der Waals surface area contributed by atoms with E-state index < -0.39 is 0 Å². The summed E-state index contributed by atoms with van der Waals surface area (Å²) in [4.78, 5) is 7.77. The first-order valence-electron chi connectivity index (χ1n) is 7.04. The first kappa shape index (κ1) is 12.0. The van der Waals surface area contributed by atoms with Gasteiger partial charge in [-0.1, -0.05) is 36.4 Å². The van der Waals surface area contributed by atoms with Gasteiger partial charge in [-0.05, 0) is 23.8 Å². The molecule has 2 N–H and O–H groups in total. The van der Waals surface area contributed by atoms with E-state index in [0.29, 0.717) is 0 Å². The molecular weight excluding hydrogens is 258 g/mol. The van der Waals surface area contributed by atoms with E-state index in [1.165, 1.54) is 16.5 Å². The molecule has 3 nitrogen and oxygen atoms in total. The third-order valence-corrected chi connectivity index (χ3v) is 3.75. The van der Waals surface area contributed by atoms with Crippen molar-refractivity contribution in [3.8, 4) is 0 Å². The van der Waals surface area contributed by atoms with Crippen molar-refractivity contribution in [1.29, 1.82) is 0 Å². The van der Waals surface area contributed by atoms with Gasteiger partial charge < -0.3 is 10.3 Å². The molecule has 0 bridgehead atoms. The van der Waals surface area contributed by atoms with Crippen molar-refractivity contribution in [3.63, 3.8) is 0 Å². The van der Waals surface area contributed by atoms with Crippen molar-refractivity contribution in [2.45, 2.75) is 6.54 Å². The van der Waals surface area contributed by atoms with Crippen LogP contribution >= 0.6 is 0 Å². The summed E-state index contributed by atoms with van der Waals surface area (Å²) in [6.07, 6.45) is 3.95. The van der Waals surface area contributed by atoms with Gasteiger partial charge in [0.2, 0.25) is 0 Å². The second kappa shape index (κ2) is 4.94. The van der Waals surface area contributed by atoms with E-state index in [2.05, 4.69) is 51.8 Å². The lowest BCUT2D eigenvalue weighted by Crippen LogP contribution is -1.99. The van der Waals surface area contributed by atoms with E-state index in [0.717, 1.165) is 23.1 Å². The molecule has 0 atom stereocenters. The summed E-state index contributed by atoms with van der Waals surface area (Å²) in [6.45, 7) is 0.782. The minimum atomic E-state index is 0.782. The molecule has 21 heavy (non-hydrogen) atoms. The Morgan fingerprint density at radius 3 is 2.86 bits per heavy atom. The number of H-pyrrole nitrogens is 1. The van der Waals surface area contributed by atoms with Crippen LogP contribution in [0.2, 0.25) is 0 Å². The molecule has 0 saturated carbocycles. The van der Waals surface area contributed by atoms with Gasteiger partial charge in [-0.25, -0.2) is 0 Å². The van der Waals surface area contributed by atoms with Crippen molar-refractivity contribution >= 4 is 27.5 Å². The molecule has 2 aromatic carbocycles. The highest BCUT2D eigenvalue weighted by molar-refractivity contribution is 5.84. The monoisotopic (exact) mass is 273 g/mol. The third-order valence-electron chi connectivity index (χ3n) is 3.75. The zero-order chi connectivity index (χ0) is 14.1. The number of hydrogen-bond donors (Lipinski definition) is 2. The van der Waals surface area contributed by atoms with Gasteiger partial charge in [0, 0.05) is 29.0 Å². The second-order valence-corrected chi connectivity index (χ2v) is 5.13. The molecule has 0 aliphatic rings. The third kappa shape index (κ3) is 2.23. The molecule has 0 saturated heterocycles. The average molecular weight is 273 g/mol. The first-order valence-corrected chi connectivity index (χ1v) is 7.04. The van der Waals surface area contributed by atoms with Gasteiger partial charge in [0.1, 0.15) is 0 Å². The van der Waals surface area contributed by atoms with Crippen molar-refractivity contribution in [2.75, 3.05) is 5.32 Å². The number of aromatic nitrogens is 2. The molecule has 2 heterocycles. The van der Waals surface area contributed by atoms with E-state index in [4.69, 9.17) is 0 Å². The fourth-order valence-corrected chi connectivity index (χ4v) is 2.64. The molecule has 0 aliphatic heterocycles. The summed E-state index contributed by atoms with van der Waals surface area (Å²) in [5.41, 5.74) is 4.50. The van der Waals surface area contributed by atoms with Crippen LogP contribution in [0, 0.1) is 0 Å². The number of hydrogen-bond acceptors (Lipinski definition) is 2. The van der Waals surface area contributed by atoms with Crippen LogP contribution in [-0.2, 0) is 6.54 Å². The van der Waals surface area contributed by atoms with Gasteiger partial charge in [-0.2, -0.15) is 0 Å². The fraction of sp³-hybridized carbons (Fsp3) is 0.0556. The van der Waals surface area contributed by atoms with E-state index in [1.54, 1.807) is 0 Å². The molecule has 3 heteroatoms. The lowest BCUT2D eigenvalue weighted by molar-refractivity contribution is 1.16. The number of para-hydroxylation sites is 2. The highest BCUT2D eigenvalue weighted by Gasteiger charge is 2.03. The summed E-state index contributed by atoms with van der Waals surface area (Å²) >= 11 is 0. The molecule has 0 unspecified atom stereocenters. The van der Waals surface area contributed by atoms with Crippen LogP contribution in [0.4, 0.5) is 5.69 Å². The maximum atomic E-state index is 4.47. The van der Waals surface area contributed by atoms with Crippen LogP contribution in [0.15, 0.2) is 67.0 Å². The van der Waals surface area contributed by atoms with Crippen LogP contribution in [0.1, 0.15) is 5.56 Å². The summed E-state index contributed by atoms with van der Waals surface area (Å²) in [6, 6.07) is 18.6. The van der Waals surface area contributed by atoms with Crippen molar-refractivity contribution in [3.05, 3.63) is 72.6 Å². The number of nitrogens with one attached hydrogen (secondary N) is 2. The largest absolute Gasteiger partial charge is 0.380 e. The molecule has 0 aliphatic carbocycles. The van der Waals surface area contributed by atoms with Crippen molar-refractivity contribution in [2.24, 2.45) is 0 Å². The van der Waals surface area contributed by atoms with E-state index in [-0.39, 0.29) is 0 Å². The van der Waals surface area contributed by atoms with Crippen LogP contribution in [0.3, 0.4) is 0 Å². The smallest absolute Gasteiger partial charge is 0.0703 e. The van der Waals surface area contributed by atoms with E-state index in [1.807, 2.05) is 30.5 Å². The Morgan fingerprint density at radius 2 is 1.86 bits per heavy atom. The van der Waals surface area contributed by atoms with Gasteiger partial charge in [0.05, 0.1) is 17.4 Å².